The first-order valence-corrected chi connectivity index (χ1v) is 10.2. The van der Waals surface area contributed by atoms with Crippen molar-refractivity contribution in [1.82, 2.24) is 9.97 Å². The van der Waals surface area contributed by atoms with Crippen molar-refractivity contribution in [1.29, 1.82) is 0 Å². The lowest BCUT2D eigenvalue weighted by atomic mass is 9.86. The van der Waals surface area contributed by atoms with Crippen LogP contribution in [0.1, 0.15) is 44.9 Å². The fourth-order valence-corrected chi connectivity index (χ4v) is 4.54. The number of fused-ring (bicyclic) bond motifs is 1. The number of hydrogen-bond donors (Lipinski definition) is 1. The van der Waals surface area contributed by atoms with Gasteiger partial charge in [0.1, 0.15) is 15.4 Å². The standard InChI is InChI=1S/C21H23N3OS/c25-19(13-8-15-5-2-1-3-6-15)23-17-11-9-16(10-12-17)20-24-18-7-4-14-22-21(18)26-20/h4,7,9-12,14-15H,1-3,5-6,8,13H2,(H,23,25). The molecule has 1 aromatic carbocycles. The van der Waals surface area contributed by atoms with Gasteiger partial charge in [0.15, 0.2) is 0 Å². The van der Waals surface area contributed by atoms with Gasteiger partial charge < -0.3 is 5.32 Å². The van der Waals surface area contributed by atoms with Gasteiger partial charge in [-0.25, -0.2) is 9.97 Å². The van der Waals surface area contributed by atoms with E-state index in [2.05, 4.69) is 15.3 Å². The number of aromatic nitrogens is 2. The second-order valence-corrected chi connectivity index (χ2v) is 7.99. The molecule has 4 nitrogen and oxygen atoms in total. The zero-order chi connectivity index (χ0) is 17.8. The molecule has 134 valence electrons. The molecule has 1 aliphatic carbocycles. The fraction of sp³-hybridized carbons (Fsp3) is 0.381. The molecule has 5 heteroatoms. The molecule has 2 heterocycles. The number of carbonyl (C=O) groups is 1. The van der Waals surface area contributed by atoms with Crippen LogP contribution in [0.5, 0.6) is 0 Å². The summed E-state index contributed by atoms with van der Waals surface area (Å²) in [4.78, 5) is 22.1. The van der Waals surface area contributed by atoms with Crippen LogP contribution in [0.25, 0.3) is 20.9 Å². The Balaban J connectivity index is 1.35. The summed E-state index contributed by atoms with van der Waals surface area (Å²) < 4.78 is 0. The fourth-order valence-electron chi connectivity index (χ4n) is 3.62. The van der Waals surface area contributed by atoms with Gasteiger partial charge in [-0.2, -0.15) is 0 Å². The quantitative estimate of drug-likeness (QED) is 0.635. The predicted molar refractivity (Wildman–Crippen MR) is 107 cm³/mol. The Labute approximate surface area is 157 Å². The van der Waals surface area contributed by atoms with E-state index in [0.29, 0.717) is 6.42 Å². The summed E-state index contributed by atoms with van der Waals surface area (Å²) in [5.41, 5.74) is 2.82. The number of amides is 1. The Kier molecular flexibility index (Phi) is 5.25. The molecule has 0 saturated heterocycles. The van der Waals surface area contributed by atoms with E-state index in [1.807, 2.05) is 36.4 Å². The summed E-state index contributed by atoms with van der Waals surface area (Å²) in [6.07, 6.45) is 10.0. The number of benzene rings is 1. The average molecular weight is 366 g/mol. The van der Waals surface area contributed by atoms with Crippen molar-refractivity contribution in [2.45, 2.75) is 44.9 Å². The van der Waals surface area contributed by atoms with E-state index < -0.39 is 0 Å². The van der Waals surface area contributed by atoms with Crippen LogP contribution in [0.3, 0.4) is 0 Å². The summed E-state index contributed by atoms with van der Waals surface area (Å²) in [6.45, 7) is 0. The lowest BCUT2D eigenvalue weighted by Crippen LogP contribution is -2.14. The molecular weight excluding hydrogens is 342 g/mol. The summed E-state index contributed by atoms with van der Waals surface area (Å²) in [7, 11) is 0. The number of pyridine rings is 1. The van der Waals surface area contributed by atoms with E-state index in [-0.39, 0.29) is 5.91 Å². The zero-order valence-electron chi connectivity index (χ0n) is 14.8. The molecule has 3 aromatic rings. The Morgan fingerprint density at radius 1 is 1.12 bits per heavy atom. The number of anilines is 1. The Bertz CT molecular complexity index is 849. The summed E-state index contributed by atoms with van der Waals surface area (Å²) in [5.74, 6) is 0.858. The highest BCUT2D eigenvalue weighted by atomic mass is 32.1. The molecule has 0 radical (unpaired) electrons. The molecule has 0 bridgehead atoms. The van der Waals surface area contributed by atoms with Crippen LogP contribution in [-0.4, -0.2) is 15.9 Å². The van der Waals surface area contributed by atoms with Crippen LogP contribution >= 0.6 is 11.3 Å². The molecular formula is C21H23N3OS. The first kappa shape index (κ1) is 17.2. The van der Waals surface area contributed by atoms with E-state index in [1.54, 1.807) is 17.5 Å². The van der Waals surface area contributed by atoms with Crippen molar-refractivity contribution in [2.24, 2.45) is 5.92 Å². The number of nitrogens with one attached hydrogen (secondary N) is 1. The molecule has 1 aliphatic rings. The van der Waals surface area contributed by atoms with Crippen LogP contribution in [-0.2, 0) is 4.79 Å². The number of carbonyl (C=O) groups excluding carboxylic acids is 1. The topological polar surface area (TPSA) is 54.9 Å². The molecule has 1 saturated carbocycles. The van der Waals surface area contributed by atoms with Crippen molar-refractivity contribution in [3.05, 3.63) is 42.6 Å². The number of rotatable bonds is 5. The second kappa shape index (κ2) is 7.96. The lowest BCUT2D eigenvalue weighted by Gasteiger charge is -2.21. The molecule has 0 unspecified atom stereocenters. The van der Waals surface area contributed by atoms with Crippen molar-refractivity contribution in [2.75, 3.05) is 5.32 Å². The minimum absolute atomic E-state index is 0.118. The smallest absolute Gasteiger partial charge is 0.224 e. The Hall–Kier alpha value is -2.27. The molecule has 0 spiro atoms. The molecule has 2 aromatic heterocycles. The van der Waals surface area contributed by atoms with Gasteiger partial charge in [-0.1, -0.05) is 43.4 Å². The van der Waals surface area contributed by atoms with Crippen molar-refractivity contribution in [3.63, 3.8) is 0 Å². The number of nitrogens with zero attached hydrogens (tertiary/aromatic N) is 2. The minimum atomic E-state index is 0.118. The van der Waals surface area contributed by atoms with Gasteiger partial charge in [0.25, 0.3) is 0 Å². The first-order chi connectivity index (χ1) is 12.8. The van der Waals surface area contributed by atoms with Gasteiger partial charge in [-0.3, -0.25) is 4.79 Å². The summed E-state index contributed by atoms with van der Waals surface area (Å²) in [6, 6.07) is 11.8. The third-order valence-electron chi connectivity index (χ3n) is 5.09. The summed E-state index contributed by atoms with van der Waals surface area (Å²) >= 11 is 1.58. The minimum Gasteiger partial charge on any atom is -0.326 e. The molecule has 1 amide bonds. The van der Waals surface area contributed by atoms with E-state index >= 15 is 0 Å². The van der Waals surface area contributed by atoms with E-state index in [9.17, 15) is 4.79 Å². The maximum Gasteiger partial charge on any atom is 0.224 e. The third kappa shape index (κ3) is 4.10. The van der Waals surface area contributed by atoms with E-state index in [4.69, 9.17) is 0 Å². The molecule has 1 fully saturated rings. The summed E-state index contributed by atoms with van der Waals surface area (Å²) in [5, 5.41) is 3.97. The zero-order valence-corrected chi connectivity index (χ0v) is 15.6. The molecule has 0 atom stereocenters. The van der Waals surface area contributed by atoms with Crippen LogP contribution in [0, 0.1) is 5.92 Å². The van der Waals surface area contributed by atoms with Crippen LogP contribution in [0.2, 0.25) is 0 Å². The third-order valence-corrected chi connectivity index (χ3v) is 6.11. The van der Waals surface area contributed by atoms with Gasteiger partial charge in [0, 0.05) is 23.9 Å². The predicted octanol–water partition coefficient (Wildman–Crippen LogP) is 5.66. The first-order valence-electron chi connectivity index (χ1n) is 9.40. The maximum atomic E-state index is 12.2. The van der Waals surface area contributed by atoms with Crippen molar-refractivity contribution in [3.8, 4) is 10.6 Å². The lowest BCUT2D eigenvalue weighted by molar-refractivity contribution is -0.116. The Morgan fingerprint density at radius 3 is 2.69 bits per heavy atom. The van der Waals surface area contributed by atoms with E-state index in [0.717, 1.165) is 38.9 Å². The van der Waals surface area contributed by atoms with Crippen molar-refractivity contribution >= 4 is 33.3 Å². The van der Waals surface area contributed by atoms with E-state index in [1.165, 1.54) is 32.1 Å². The highest BCUT2D eigenvalue weighted by Crippen LogP contribution is 2.30. The molecule has 26 heavy (non-hydrogen) atoms. The molecule has 1 N–H and O–H groups in total. The number of hydrogen-bond acceptors (Lipinski definition) is 4. The maximum absolute atomic E-state index is 12.2. The van der Waals surface area contributed by atoms with Crippen LogP contribution < -0.4 is 5.32 Å². The largest absolute Gasteiger partial charge is 0.326 e. The number of thiazole rings is 1. The second-order valence-electron chi connectivity index (χ2n) is 7.01. The van der Waals surface area contributed by atoms with Gasteiger partial charge in [-0.15, -0.1) is 0 Å². The SMILES string of the molecule is O=C(CCC1CCCCC1)Nc1ccc(-c2nc3cccnc3s2)cc1. The highest BCUT2D eigenvalue weighted by molar-refractivity contribution is 7.21. The van der Waals surface area contributed by atoms with Crippen molar-refractivity contribution < 1.29 is 4.79 Å². The molecule has 4 rings (SSSR count). The highest BCUT2D eigenvalue weighted by Gasteiger charge is 2.15. The monoisotopic (exact) mass is 365 g/mol. The molecule has 0 aliphatic heterocycles. The van der Waals surface area contributed by atoms with Gasteiger partial charge in [0.05, 0.1) is 0 Å². The average Bonchev–Trinajstić information content (AvgIpc) is 3.12. The normalized spacial score (nSPS) is 15.2. The van der Waals surface area contributed by atoms with Gasteiger partial charge in [0.2, 0.25) is 5.91 Å². The van der Waals surface area contributed by atoms with Crippen LogP contribution in [0.4, 0.5) is 5.69 Å². The van der Waals surface area contributed by atoms with Gasteiger partial charge >= 0.3 is 0 Å². The van der Waals surface area contributed by atoms with Gasteiger partial charge in [-0.05, 0) is 48.7 Å². The van der Waals surface area contributed by atoms with Crippen LogP contribution in [0.15, 0.2) is 42.6 Å². The Morgan fingerprint density at radius 2 is 1.92 bits per heavy atom.